The van der Waals surface area contributed by atoms with E-state index < -0.39 is 0 Å². The van der Waals surface area contributed by atoms with Gasteiger partial charge in [-0.05, 0) is 24.3 Å². The normalized spacial score (nSPS) is 28.3. The Hall–Kier alpha value is -1.44. The number of amides is 2. The number of rotatable bonds is 6. The first-order valence-electron chi connectivity index (χ1n) is 9.45. The largest absolute Gasteiger partial charge is 0.379 e. The van der Waals surface area contributed by atoms with E-state index in [-0.39, 0.29) is 29.2 Å². The average Bonchev–Trinajstić information content (AvgIpc) is 3.06. The van der Waals surface area contributed by atoms with Gasteiger partial charge in [-0.1, -0.05) is 6.07 Å². The molecule has 6 nitrogen and oxygen atoms in total. The van der Waals surface area contributed by atoms with Gasteiger partial charge >= 0.3 is 0 Å². The molecule has 0 aromatic carbocycles. The smallest absolute Gasteiger partial charge is 0.226 e. The highest BCUT2D eigenvalue weighted by molar-refractivity contribution is 7.10. The van der Waals surface area contributed by atoms with Gasteiger partial charge < -0.3 is 15.0 Å². The van der Waals surface area contributed by atoms with Crippen molar-refractivity contribution in [3.05, 3.63) is 22.4 Å². The van der Waals surface area contributed by atoms with Crippen LogP contribution in [0, 0.1) is 11.3 Å². The average molecular weight is 378 g/mol. The standard InChI is InChI=1S/C19H27N3O3S/c1-21-16(23)11-14(17(21)15-3-2-10-26-15)18(24)20-12-19(4-5-19)13-22-6-8-25-9-7-22/h2-3,10,14,17H,4-9,11-13H2,1H3,(H,20,24). The van der Waals surface area contributed by atoms with E-state index in [2.05, 4.69) is 10.2 Å². The minimum Gasteiger partial charge on any atom is -0.379 e. The number of hydrogen-bond acceptors (Lipinski definition) is 5. The number of hydrogen-bond donors (Lipinski definition) is 1. The Bertz CT molecular complexity index is 653. The summed E-state index contributed by atoms with van der Waals surface area (Å²) < 4.78 is 5.42. The zero-order valence-corrected chi connectivity index (χ0v) is 16.1. The van der Waals surface area contributed by atoms with Crippen molar-refractivity contribution in [1.82, 2.24) is 15.1 Å². The molecule has 7 heteroatoms. The van der Waals surface area contributed by atoms with Gasteiger partial charge in [0.1, 0.15) is 0 Å². The van der Waals surface area contributed by atoms with Gasteiger partial charge in [0.05, 0.1) is 25.2 Å². The van der Waals surface area contributed by atoms with E-state index >= 15 is 0 Å². The predicted octanol–water partition coefficient (Wildman–Crippen LogP) is 1.50. The summed E-state index contributed by atoms with van der Waals surface area (Å²) in [5.41, 5.74) is 0.222. The maximum Gasteiger partial charge on any atom is 0.226 e. The van der Waals surface area contributed by atoms with Crippen LogP contribution in [0.15, 0.2) is 17.5 Å². The monoisotopic (exact) mass is 377 g/mol. The van der Waals surface area contributed by atoms with Crippen LogP contribution in [0.5, 0.6) is 0 Å². The molecular formula is C19H27N3O3S. The zero-order valence-electron chi connectivity index (χ0n) is 15.3. The van der Waals surface area contributed by atoms with Gasteiger partial charge in [0.15, 0.2) is 0 Å². The third kappa shape index (κ3) is 3.66. The topological polar surface area (TPSA) is 61.9 Å². The van der Waals surface area contributed by atoms with Crippen molar-refractivity contribution in [3.63, 3.8) is 0 Å². The molecule has 1 saturated carbocycles. The fourth-order valence-corrected chi connectivity index (χ4v) is 5.09. The molecular weight excluding hydrogens is 350 g/mol. The Balaban J connectivity index is 1.36. The van der Waals surface area contributed by atoms with Crippen LogP contribution < -0.4 is 5.32 Å². The Labute approximate surface area is 158 Å². The highest BCUT2D eigenvalue weighted by atomic mass is 32.1. The molecule has 1 aromatic heterocycles. The Morgan fingerprint density at radius 2 is 2.15 bits per heavy atom. The number of carbonyl (C=O) groups excluding carboxylic acids is 2. The summed E-state index contributed by atoms with van der Waals surface area (Å²) in [6.45, 7) is 5.34. The molecule has 1 aromatic rings. The number of carbonyl (C=O) groups is 2. The molecule has 2 unspecified atom stereocenters. The molecule has 0 spiro atoms. The fourth-order valence-electron chi connectivity index (χ4n) is 4.16. The van der Waals surface area contributed by atoms with Crippen molar-refractivity contribution in [2.75, 3.05) is 46.4 Å². The molecule has 26 heavy (non-hydrogen) atoms. The lowest BCUT2D eigenvalue weighted by atomic mass is 9.97. The summed E-state index contributed by atoms with van der Waals surface area (Å²) in [4.78, 5) is 30.4. The van der Waals surface area contributed by atoms with Gasteiger partial charge in [0, 0.05) is 49.9 Å². The lowest BCUT2D eigenvalue weighted by molar-refractivity contribution is -0.128. The maximum absolute atomic E-state index is 12.9. The first-order valence-corrected chi connectivity index (χ1v) is 10.3. The summed E-state index contributed by atoms with van der Waals surface area (Å²) >= 11 is 1.61. The molecule has 1 aliphatic carbocycles. The van der Waals surface area contributed by atoms with E-state index in [0.717, 1.165) is 44.3 Å². The van der Waals surface area contributed by atoms with E-state index in [1.165, 1.54) is 12.8 Å². The first-order chi connectivity index (χ1) is 12.6. The highest BCUT2D eigenvalue weighted by Crippen LogP contribution is 2.46. The van der Waals surface area contributed by atoms with E-state index in [1.54, 1.807) is 23.3 Å². The van der Waals surface area contributed by atoms with E-state index in [4.69, 9.17) is 4.74 Å². The quantitative estimate of drug-likeness (QED) is 0.816. The first kappa shape index (κ1) is 17.9. The molecule has 2 aliphatic heterocycles. The third-order valence-electron chi connectivity index (χ3n) is 6.02. The minimum atomic E-state index is -0.287. The van der Waals surface area contributed by atoms with E-state index in [0.29, 0.717) is 6.42 Å². The number of likely N-dealkylation sites (tertiary alicyclic amines) is 1. The fraction of sp³-hybridized carbons (Fsp3) is 0.684. The molecule has 4 rings (SSSR count). The summed E-state index contributed by atoms with van der Waals surface area (Å²) in [5.74, 6) is -0.210. The van der Waals surface area contributed by atoms with Gasteiger partial charge in [0.25, 0.3) is 0 Å². The second-order valence-electron chi connectivity index (χ2n) is 7.88. The van der Waals surface area contributed by atoms with Crippen LogP contribution in [0.1, 0.15) is 30.2 Å². The number of nitrogens with one attached hydrogen (secondary N) is 1. The second-order valence-corrected chi connectivity index (χ2v) is 8.86. The van der Waals surface area contributed by atoms with Crippen molar-refractivity contribution in [3.8, 4) is 0 Å². The lowest BCUT2D eigenvalue weighted by Crippen LogP contribution is -2.44. The third-order valence-corrected chi connectivity index (χ3v) is 6.96. The van der Waals surface area contributed by atoms with Crippen molar-refractivity contribution in [2.45, 2.75) is 25.3 Å². The van der Waals surface area contributed by atoms with Crippen LogP contribution in [0.4, 0.5) is 0 Å². The summed E-state index contributed by atoms with van der Waals surface area (Å²) in [7, 11) is 1.81. The van der Waals surface area contributed by atoms with Crippen molar-refractivity contribution < 1.29 is 14.3 Å². The minimum absolute atomic E-state index is 0.0225. The Morgan fingerprint density at radius 3 is 2.81 bits per heavy atom. The molecule has 0 bridgehead atoms. The van der Waals surface area contributed by atoms with Crippen LogP contribution in [0.2, 0.25) is 0 Å². The maximum atomic E-state index is 12.9. The van der Waals surface area contributed by atoms with Crippen molar-refractivity contribution in [2.24, 2.45) is 11.3 Å². The van der Waals surface area contributed by atoms with Gasteiger partial charge in [-0.3, -0.25) is 14.5 Å². The van der Waals surface area contributed by atoms with Crippen molar-refractivity contribution >= 4 is 23.2 Å². The predicted molar refractivity (Wildman–Crippen MR) is 99.9 cm³/mol. The van der Waals surface area contributed by atoms with Crippen LogP contribution in [0.3, 0.4) is 0 Å². The lowest BCUT2D eigenvalue weighted by Gasteiger charge is -2.31. The Kier molecular flexibility index (Phi) is 5.03. The number of nitrogens with zero attached hydrogens (tertiary/aromatic N) is 2. The van der Waals surface area contributed by atoms with Gasteiger partial charge in [-0.2, -0.15) is 0 Å². The van der Waals surface area contributed by atoms with Crippen LogP contribution in [-0.2, 0) is 14.3 Å². The molecule has 0 radical (unpaired) electrons. The molecule has 2 saturated heterocycles. The Morgan fingerprint density at radius 1 is 1.38 bits per heavy atom. The van der Waals surface area contributed by atoms with Gasteiger partial charge in [-0.25, -0.2) is 0 Å². The molecule has 2 amide bonds. The van der Waals surface area contributed by atoms with Crippen LogP contribution in [-0.4, -0.2) is 68.1 Å². The van der Waals surface area contributed by atoms with E-state index in [9.17, 15) is 9.59 Å². The van der Waals surface area contributed by atoms with Gasteiger partial charge in [0.2, 0.25) is 11.8 Å². The number of morpholine rings is 1. The molecule has 3 fully saturated rings. The summed E-state index contributed by atoms with van der Waals surface area (Å²) in [6, 6.07) is 3.87. The highest BCUT2D eigenvalue weighted by Gasteiger charge is 2.47. The number of thiophene rings is 1. The van der Waals surface area contributed by atoms with Crippen LogP contribution >= 0.6 is 11.3 Å². The second kappa shape index (κ2) is 7.29. The summed E-state index contributed by atoms with van der Waals surface area (Å²) in [5, 5.41) is 5.18. The zero-order chi connectivity index (χ0) is 18.1. The molecule has 3 aliphatic rings. The molecule has 3 heterocycles. The van der Waals surface area contributed by atoms with Gasteiger partial charge in [-0.15, -0.1) is 11.3 Å². The SMILES string of the molecule is CN1C(=O)CC(C(=O)NCC2(CN3CCOCC3)CC2)C1c1cccs1. The van der Waals surface area contributed by atoms with E-state index in [1.807, 2.05) is 17.5 Å². The number of ether oxygens (including phenoxy) is 1. The van der Waals surface area contributed by atoms with Crippen LogP contribution in [0.25, 0.3) is 0 Å². The molecule has 142 valence electrons. The molecule has 2 atom stereocenters. The van der Waals surface area contributed by atoms with Crippen molar-refractivity contribution in [1.29, 1.82) is 0 Å². The summed E-state index contributed by atoms with van der Waals surface area (Å²) in [6.07, 6.45) is 2.65. The molecule has 1 N–H and O–H groups in total.